The van der Waals surface area contributed by atoms with Gasteiger partial charge in [-0.3, -0.25) is 4.52 Å². The quantitative estimate of drug-likeness (QED) is 0.310. The molecule has 0 heterocycles. The van der Waals surface area contributed by atoms with E-state index in [-0.39, 0.29) is 13.2 Å². The lowest BCUT2D eigenvalue weighted by atomic mass is 10.8. The van der Waals surface area contributed by atoms with Crippen molar-refractivity contribution in [2.45, 2.75) is 0 Å². The molecule has 0 radical (unpaired) electrons. The van der Waals surface area contributed by atoms with Crippen molar-refractivity contribution in [2.75, 3.05) is 13.2 Å². The SMILES string of the molecule is O=P(O)(O)OCCO.OP(O)O. The highest BCUT2D eigenvalue weighted by molar-refractivity contribution is 7.46. The van der Waals surface area contributed by atoms with Gasteiger partial charge in [0.2, 0.25) is 0 Å². The summed E-state index contributed by atoms with van der Waals surface area (Å²) in [6.07, 6.45) is 0. The molecule has 0 bridgehead atoms. The summed E-state index contributed by atoms with van der Waals surface area (Å²) in [5, 5.41) is 7.96. The van der Waals surface area contributed by atoms with Crippen molar-refractivity contribution >= 4 is 16.4 Å². The molecular weight excluding hydrogens is 214 g/mol. The number of rotatable bonds is 3. The normalized spacial score (nSPS) is 10.9. The Hall–Kier alpha value is 0.380. The van der Waals surface area contributed by atoms with Gasteiger partial charge in [0.15, 0.2) is 0 Å². The standard InChI is InChI=1S/C2H7O5P.H3O3P/c3-1-2-7-8(4,5)6;1-4(2)3/h3H,1-2H2,(H2,4,5,6);1-3H. The van der Waals surface area contributed by atoms with Crippen molar-refractivity contribution in [3.05, 3.63) is 0 Å². The molecule has 0 saturated carbocycles. The van der Waals surface area contributed by atoms with Crippen LogP contribution in [0.25, 0.3) is 0 Å². The van der Waals surface area contributed by atoms with E-state index in [0.717, 1.165) is 0 Å². The van der Waals surface area contributed by atoms with Gasteiger partial charge in [-0.25, -0.2) is 4.57 Å². The lowest BCUT2D eigenvalue weighted by Crippen LogP contribution is -1.95. The highest BCUT2D eigenvalue weighted by Crippen LogP contribution is 2.34. The average Bonchev–Trinajstić information content (AvgIpc) is 1.80. The van der Waals surface area contributed by atoms with Gasteiger partial charge in [-0.1, -0.05) is 0 Å². The van der Waals surface area contributed by atoms with E-state index in [0.29, 0.717) is 0 Å². The topological polar surface area (TPSA) is 148 Å². The lowest BCUT2D eigenvalue weighted by Gasteiger charge is -2.00. The molecule has 0 aliphatic heterocycles. The fourth-order valence-corrected chi connectivity index (χ4v) is 0.479. The van der Waals surface area contributed by atoms with E-state index in [2.05, 4.69) is 4.52 Å². The zero-order valence-electron chi connectivity index (χ0n) is 5.81. The highest BCUT2D eigenvalue weighted by atomic mass is 31.2. The van der Waals surface area contributed by atoms with Crippen LogP contribution in [0.5, 0.6) is 0 Å². The molecule has 0 aliphatic carbocycles. The molecule has 0 rings (SSSR count). The maximum absolute atomic E-state index is 9.75. The third-order valence-corrected chi connectivity index (χ3v) is 0.870. The first-order valence-electron chi connectivity index (χ1n) is 2.47. The Bertz CT molecular complexity index is 126. The van der Waals surface area contributed by atoms with Crippen molar-refractivity contribution in [1.82, 2.24) is 0 Å². The minimum atomic E-state index is -4.34. The average molecular weight is 224 g/mol. The van der Waals surface area contributed by atoms with E-state index >= 15 is 0 Å². The monoisotopic (exact) mass is 224 g/mol. The summed E-state index contributed by atoms with van der Waals surface area (Å²) in [6.45, 7) is -0.713. The third-order valence-electron chi connectivity index (χ3n) is 0.351. The Balaban J connectivity index is 0. The smallest absolute Gasteiger partial charge is 0.394 e. The molecule has 0 atom stereocenters. The summed E-state index contributed by atoms with van der Waals surface area (Å²) in [6, 6.07) is 0. The van der Waals surface area contributed by atoms with Crippen molar-refractivity contribution in [3.63, 3.8) is 0 Å². The molecule has 6 N–H and O–H groups in total. The maximum atomic E-state index is 9.75. The first-order chi connectivity index (χ1) is 5.29. The predicted molar refractivity (Wildman–Crippen MR) is 38.7 cm³/mol. The van der Waals surface area contributed by atoms with Crippen LogP contribution in [-0.2, 0) is 9.09 Å². The zero-order valence-corrected chi connectivity index (χ0v) is 7.60. The van der Waals surface area contributed by atoms with Crippen LogP contribution in [0, 0.1) is 0 Å². The Morgan fingerprint density at radius 3 is 1.67 bits per heavy atom. The van der Waals surface area contributed by atoms with E-state index < -0.39 is 16.4 Å². The van der Waals surface area contributed by atoms with Crippen molar-refractivity contribution in [3.8, 4) is 0 Å². The van der Waals surface area contributed by atoms with Crippen molar-refractivity contribution in [1.29, 1.82) is 0 Å². The fraction of sp³-hybridized carbons (Fsp3) is 1.00. The Morgan fingerprint density at radius 2 is 1.58 bits per heavy atom. The van der Waals surface area contributed by atoms with E-state index in [1.54, 1.807) is 0 Å². The molecule has 10 heteroatoms. The van der Waals surface area contributed by atoms with Crippen LogP contribution >= 0.6 is 16.4 Å². The minimum Gasteiger partial charge on any atom is -0.394 e. The summed E-state index contributed by atoms with van der Waals surface area (Å²) in [5.41, 5.74) is 0. The Labute approximate surface area is 69.3 Å². The summed E-state index contributed by atoms with van der Waals surface area (Å²) in [5.74, 6) is 0. The highest BCUT2D eigenvalue weighted by Gasteiger charge is 2.11. The minimum absolute atomic E-state index is 0.329. The van der Waals surface area contributed by atoms with Crippen LogP contribution in [0.15, 0.2) is 0 Å². The van der Waals surface area contributed by atoms with Gasteiger partial charge in [0.1, 0.15) is 0 Å². The van der Waals surface area contributed by atoms with E-state index in [9.17, 15) is 4.57 Å². The third kappa shape index (κ3) is 31.6. The van der Waals surface area contributed by atoms with E-state index in [1.165, 1.54) is 0 Å². The van der Waals surface area contributed by atoms with Gasteiger partial charge < -0.3 is 29.6 Å². The predicted octanol–water partition coefficient (Wildman–Crippen LogP) is -1.72. The van der Waals surface area contributed by atoms with E-state index in [4.69, 9.17) is 29.6 Å². The van der Waals surface area contributed by atoms with Gasteiger partial charge in [-0.2, -0.15) is 0 Å². The van der Waals surface area contributed by atoms with Crippen LogP contribution in [0.4, 0.5) is 0 Å². The number of hydrogen-bond donors (Lipinski definition) is 6. The molecule has 0 saturated heterocycles. The molecular formula is C2H10O8P2. The number of aliphatic hydroxyl groups is 1. The molecule has 8 nitrogen and oxygen atoms in total. The maximum Gasteiger partial charge on any atom is 0.469 e. The van der Waals surface area contributed by atoms with Crippen LogP contribution in [-0.4, -0.2) is 42.8 Å². The van der Waals surface area contributed by atoms with Gasteiger partial charge in [0.05, 0.1) is 13.2 Å². The largest absolute Gasteiger partial charge is 0.469 e. The first-order valence-corrected chi connectivity index (χ1v) is 5.20. The summed E-state index contributed by atoms with van der Waals surface area (Å²) >= 11 is 0. The van der Waals surface area contributed by atoms with Gasteiger partial charge in [-0.15, -0.1) is 0 Å². The summed E-state index contributed by atoms with van der Waals surface area (Å²) in [4.78, 5) is 37.5. The second kappa shape index (κ2) is 8.00. The number of aliphatic hydroxyl groups excluding tert-OH is 1. The molecule has 0 aliphatic rings. The van der Waals surface area contributed by atoms with Crippen LogP contribution in [0.1, 0.15) is 0 Å². The number of hydrogen-bond acceptors (Lipinski definition) is 6. The Morgan fingerprint density at radius 1 is 1.25 bits per heavy atom. The van der Waals surface area contributed by atoms with Gasteiger partial charge in [0, 0.05) is 0 Å². The molecule has 0 unspecified atom stereocenters. The summed E-state index contributed by atoms with van der Waals surface area (Å²) < 4.78 is 13.5. The molecule has 0 aromatic rings. The molecule has 0 amide bonds. The van der Waals surface area contributed by atoms with E-state index in [1.807, 2.05) is 0 Å². The lowest BCUT2D eigenvalue weighted by molar-refractivity contribution is 0.151. The Kier molecular flexibility index (Phi) is 9.92. The first kappa shape index (κ1) is 14.9. The molecule has 12 heavy (non-hydrogen) atoms. The molecule has 0 aromatic carbocycles. The zero-order chi connectivity index (χ0) is 10.2. The second-order valence-corrected chi connectivity index (χ2v) is 3.09. The number of phosphoric ester groups is 1. The van der Waals surface area contributed by atoms with Gasteiger partial charge in [-0.05, 0) is 0 Å². The van der Waals surface area contributed by atoms with Crippen LogP contribution in [0.3, 0.4) is 0 Å². The summed E-state index contributed by atoms with van der Waals surface area (Å²) in [7, 11) is -6.96. The van der Waals surface area contributed by atoms with Crippen molar-refractivity contribution < 1.29 is 38.7 Å². The van der Waals surface area contributed by atoms with Crippen LogP contribution in [0.2, 0.25) is 0 Å². The second-order valence-electron chi connectivity index (χ2n) is 1.32. The molecule has 0 spiro atoms. The fourth-order valence-electron chi connectivity index (χ4n) is 0.160. The van der Waals surface area contributed by atoms with Gasteiger partial charge in [0.25, 0.3) is 0 Å². The van der Waals surface area contributed by atoms with Crippen molar-refractivity contribution in [2.24, 2.45) is 0 Å². The van der Waals surface area contributed by atoms with Crippen LogP contribution < -0.4 is 0 Å². The molecule has 0 aromatic heterocycles. The number of phosphoric acid groups is 1. The molecule has 76 valence electrons. The van der Waals surface area contributed by atoms with Gasteiger partial charge >= 0.3 is 16.4 Å². The molecule has 0 fully saturated rings.